The fraction of sp³-hybridized carbons (Fsp3) is 0.586. The molecule has 0 bridgehead atoms. The Kier molecular flexibility index (Phi) is 6.49. The quantitative estimate of drug-likeness (QED) is 0.629. The van der Waals surface area contributed by atoms with Crippen LogP contribution in [0.15, 0.2) is 10.9 Å². The number of nitrogens with one attached hydrogen (secondary N) is 1. The SMILES string of the molecule is Cc1cc(C)c(CN2CCc3c(Cl)c4c(c(C)c3C2=O)C[C@](C)(C2CCC(N(C)C)CC2)O4)c(=O)[nH]1. The van der Waals surface area contributed by atoms with Gasteiger partial charge in [0, 0.05) is 41.4 Å². The zero-order valence-corrected chi connectivity index (χ0v) is 23.1. The minimum absolute atomic E-state index is 0.0436. The lowest BCUT2D eigenvalue weighted by Gasteiger charge is -2.40. The summed E-state index contributed by atoms with van der Waals surface area (Å²) in [6, 6.07) is 2.59. The lowest BCUT2D eigenvalue weighted by molar-refractivity contribution is 0.0163. The van der Waals surface area contributed by atoms with Gasteiger partial charge < -0.3 is 19.5 Å². The number of ether oxygens (including phenoxy) is 1. The Labute approximate surface area is 219 Å². The number of aryl methyl sites for hydroxylation is 2. The molecule has 0 saturated heterocycles. The molecule has 1 aromatic carbocycles. The van der Waals surface area contributed by atoms with Gasteiger partial charge in [-0.05, 0) is 103 Å². The van der Waals surface area contributed by atoms with Crippen LogP contribution in [0, 0.1) is 26.7 Å². The van der Waals surface area contributed by atoms with E-state index in [1.54, 1.807) is 4.90 Å². The van der Waals surface area contributed by atoms with Crippen molar-refractivity contribution in [1.29, 1.82) is 0 Å². The molecule has 2 aromatic rings. The molecule has 194 valence electrons. The molecule has 2 aliphatic heterocycles. The third kappa shape index (κ3) is 4.16. The van der Waals surface area contributed by atoms with Crippen LogP contribution in [0.3, 0.4) is 0 Å². The molecule has 1 N–H and O–H groups in total. The standard InChI is InChI=1S/C29H38ClN3O3/c1-16-13-17(2)31-27(34)23(16)15-33-12-11-21-24(28(33)35)18(3)22-14-29(4,36-26(22)25(21)30)19-7-9-20(10-8-19)32(5)6/h13,19-20H,7-12,14-15H2,1-6H3,(H,31,34)/t19?,20?,29-/m1/s1. The number of H-pyrrole nitrogens is 1. The van der Waals surface area contributed by atoms with Gasteiger partial charge in [0.2, 0.25) is 0 Å². The van der Waals surface area contributed by atoms with Crippen LogP contribution < -0.4 is 10.3 Å². The van der Waals surface area contributed by atoms with Crippen LogP contribution >= 0.6 is 11.6 Å². The smallest absolute Gasteiger partial charge is 0.254 e. The summed E-state index contributed by atoms with van der Waals surface area (Å²) in [6.45, 7) is 8.90. The van der Waals surface area contributed by atoms with E-state index in [0.29, 0.717) is 47.6 Å². The van der Waals surface area contributed by atoms with Crippen molar-refractivity contribution >= 4 is 17.5 Å². The lowest BCUT2D eigenvalue weighted by Crippen LogP contribution is -2.44. The van der Waals surface area contributed by atoms with Crippen LogP contribution in [-0.2, 0) is 19.4 Å². The Morgan fingerprint density at radius 2 is 1.83 bits per heavy atom. The third-order valence-electron chi connectivity index (χ3n) is 9.00. The van der Waals surface area contributed by atoms with Gasteiger partial charge in [-0.25, -0.2) is 0 Å². The van der Waals surface area contributed by atoms with Gasteiger partial charge in [-0.1, -0.05) is 11.6 Å². The number of fused-ring (bicyclic) bond motifs is 2. The average Bonchev–Trinajstić information content (AvgIpc) is 3.20. The van der Waals surface area contributed by atoms with E-state index < -0.39 is 0 Å². The highest BCUT2D eigenvalue weighted by molar-refractivity contribution is 6.33. The van der Waals surface area contributed by atoms with Crippen molar-refractivity contribution in [1.82, 2.24) is 14.8 Å². The number of pyridine rings is 1. The normalized spacial score (nSPS) is 25.7. The predicted octanol–water partition coefficient (Wildman–Crippen LogP) is 4.97. The van der Waals surface area contributed by atoms with E-state index in [-0.39, 0.29) is 17.1 Å². The molecule has 0 spiro atoms. The van der Waals surface area contributed by atoms with Crippen molar-refractivity contribution in [3.05, 3.63) is 60.5 Å². The fourth-order valence-electron chi connectivity index (χ4n) is 6.75. The topological polar surface area (TPSA) is 65.6 Å². The molecule has 1 fully saturated rings. The maximum Gasteiger partial charge on any atom is 0.254 e. The summed E-state index contributed by atoms with van der Waals surface area (Å²) in [4.78, 5) is 33.4. The molecule has 6 nitrogen and oxygen atoms in total. The minimum atomic E-state index is -0.299. The van der Waals surface area contributed by atoms with Crippen molar-refractivity contribution in [2.24, 2.45) is 5.92 Å². The second kappa shape index (κ2) is 9.21. The van der Waals surface area contributed by atoms with E-state index in [2.05, 4.69) is 30.9 Å². The van der Waals surface area contributed by atoms with Gasteiger partial charge in [0.15, 0.2) is 0 Å². The van der Waals surface area contributed by atoms with Crippen molar-refractivity contribution < 1.29 is 9.53 Å². The number of amides is 1. The van der Waals surface area contributed by atoms with E-state index in [1.165, 1.54) is 12.8 Å². The highest BCUT2D eigenvalue weighted by Gasteiger charge is 2.46. The van der Waals surface area contributed by atoms with E-state index in [0.717, 1.165) is 53.0 Å². The lowest BCUT2D eigenvalue weighted by atomic mass is 9.74. The number of hydrogen-bond donors (Lipinski definition) is 1. The van der Waals surface area contributed by atoms with E-state index >= 15 is 0 Å². The Bertz CT molecular complexity index is 1280. The van der Waals surface area contributed by atoms with Gasteiger partial charge in [0.05, 0.1) is 11.6 Å². The molecule has 3 aliphatic rings. The number of rotatable bonds is 4. The number of halogens is 1. The van der Waals surface area contributed by atoms with E-state index in [1.807, 2.05) is 26.8 Å². The highest BCUT2D eigenvalue weighted by Crippen LogP contribution is 2.51. The molecule has 36 heavy (non-hydrogen) atoms. The fourth-order valence-corrected chi connectivity index (χ4v) is 7.09. The Hall–Kier alpha value is -2.31. The van der Waals surface area contributed by atoms with Crippen molar-refractivity contribution in [3.8, 4) is 5.75 Å². The summed E-state index contributed by atoms with van der Waals surface area (Å²) in [7, 11) is 4.33. The average molecular weight is 512 g/mol. The molecule has 1 aliphatic carbocycles. The molecule has 1 aromatic heterocycles. The summed E-state index contributed by atoms with van der Waals surface area (Å²) in [5, 5.41) is 0.605. The Morgan fingerprint density at radius 3 is 2.47 bits per heavy atom. The van der Waals surface area contributed by atoms with Crippen LogP contribution in [0.2, 0.25) is 5.02 Å². The summed E-state index contributed by atoms with van der Waals surface area (Å²) in [5.74, 6) is 1.21. The van der Waals surface area contributed by atoms with Crippen molar-refractivity contribution in [3.63, 3.8) is 0 Å². The van der Waals surface area contributed by atoms with Crippen LogP contribution in [0.25, 0.3) is 0 Å². The zero-order chi connectivity index (χ0) is 25.9. The molecule has 1 amide bonds. The summed E-state index contributed by atoms with van der Waals surface area (Å²) in [5.41, 5.74) is 5.62. The zero-order valence-electron chi connectivity index (χ0n) is 22.4. The van der Waals surface area contributed by atoms with Gasteiger partial charge >= 0.3 is 0 Å². The molecule has 5 rings (SSSR count). The first-order valence-corrected chi connectivity index (χ1v) is 13.6. The molecule has 1 saturated carbocycles. The first-order valence-electron chi connectivity index (χ1n) is 13.2. The first kappa shape index (κ1) is 25.3. The number of nitrogens with zero attached hydrogens (tertiary/aromatic N) is 2. The Morgan fingerprint density at radius 1 is 1.14 bits per heavy atom. The number of hydrogen-bond acceptors (Lipinski definition) is 4. The van der Waals surface area contributed by atoms with Gasteiger partial charge in [0.1, 0.15) is 11.4 Å². The van der Waals surface area contributed by atoms with E-state index in [4.69, 9.17) is 16.3 Å². The first-order chi connectivity index (χ1) is 17.0. The molecule has 7 heteroatoms. The highest BCUT2D eigenvalue weighted by atomic mass is 35.5. The Balaban J connectivity index is 1.43. The second-order valence-electron chi connectivity index (χ2n) is 11.6. The number of carbonyl (C=O) groups is 1. The number of aromatic nitrogens is 1. The number of carbonyl (C=O) groups excluding carboxylic acids is 1. The van der Waals surface area contributed by atoms with Crippen molar-refractivity contribution in [2.45, 2.75) is 84.4 Å². The molecule has 0 unspecified atom stereocenters. The van der Waals surface area contributed by atoms with Gasteiger partial charge in [0.25, 0.3) is 11.5 Å². The molecular weight excluding hydrogens is 474 g/mol. The molecule has 1 atom stereocenters. The van der Waals surface area contributed by atoms with Crippen molar-refractivity contribution in [2.75, 3.05) is 20.6 Å². The largest absolute Gasteiger partial charge is 0.485 e. The maximum absolute atomic E-state index is 13.8. The van der Waals surface area contributed by atoms with E-state index in [9.17, 15) is 9.59 Å². The third-order valence-corrected chi connectivity index (χ3v) is 9.40. The van der Waals surface area contributed by atoms with Gasteiger partial charge in [-0.15, -0.1) is 0 Å². The van der Waals surface area contributed by atoms with Gasteiger partial charge in [-0.3, -0.25) is 9.59 Å². The molecular formula is C29H38ClN3O3. The predicted molar refractivity (Wildman–Crippen MR) is 143 cm³/mol. The van der Waals surface area contributed by atoms with Crippen LogP contribution in [0.5, 0.6) is 5.75 Å². The number of benzene rings is 1. The number of aromatic amines is 1. The molecule has 3 heterocycles. The summed E-state index contributed by atoms with van der Waals surface area (Å²) < 4.78 is 6.69. The molecule has 0 radical (unpaired) electrons. The second-order valence-corrected chi connectivity index (χ2v) is 12.0. The van der Waals surface area contributed by atoms with Gasteiger partial charge in [-0.2, -0.15) is 0 Å². The van der Waals surface area contributed by atoms with Crippen LogP contribution in [0.4, 0.5) is 0 Å². The summed E-state index contributed by atoms with van der Waals surface area (Å²) >= 11 is 6.96. The monoisotopic (exact) mass is 511 g/mol. The summed E-state index contributed by atoms with van der Waals surface area (Å²) in [6.07, 6.45) is 6.08. The minimum Gasteiger partial charge on any atom is -0.485 e. The van der Waals surface area contributed by atoms with Crippen LogP contribution in [-0.4, -0.2) is 53.0 Å². The maximum atomic E-state index is 13.8. The van der Waals surface area contributed by atoms with Crippen LogP contribution in [0.1, 0.15) is 76.5 Å².